The molecule has 4 rings (SSSR count). The Hall–Kier alpha value is -3.33. The summed E-state index contributed by atoms with van der Waals surface area (Å²) in [5, 5.41) is 33.8. The molecule has 1 saturated carbocycles. The van der Waals surface area contributed by atoms with Crippen LogP contribution < -0.4 is 0 Å². The van der Waals surface area contributed by atoms with Crippen molar-refractivity contribution < 1.29 is 58.2 Å². The molecule has 13 heteroatoms. The number of amides is 1. The van der Waals surface area contributed by atoms with Crippen LogP contribution >= 0.6 is 0 Å². The standard InChI is InChI=1S/C51H79NO12/c1-30-16-12-11-13-17-31(2)32(3)27-39-21-19-37(8)51(60,64-39)48(57)49(58)52-23-15-14-18-40(52)50(59)63-43(34(5)26-38-20-22-41(53)44(28-38)61-9)29-42(54)33(4)25-36(7)46(56)47(62-10)45(55)35(6)24-30/h11-13,16-17,25,30,32-35,37-41,43-44,46-47,53,56,60H,14-15,18-24,26-29H2,1-10H3/b13-11+,16-12+,31-17+,36-25+/t30?,32?,33?,34?,35-,37-,38?,39?,40+,41?,43?,44?,46?,47?,51?/m1/s1. The third kappa shape index (κ3) is 13.9. The molecular weight excluding hydrogens is 819 g/mol. The van der Waals surface area contributed by atoms with Crippen molar-refractivity contribution in [3.8, 4) is 0 Å². The number of esters is 1. The molecular formula is C51H79NO12. The molecule has 4 aliphatic rings. The lowest BCUT2D eigenvalue weighted by molar-refractivity contribution is -0.264. The van der Waals surface area contributed by atoms with E-state index in [1.165, 1.54) is 12.0 Å². The van der Waals surface area contributed by atoms with Gasteiger partial charge in [0.15, 0.2) is 5.78 Å². The molecule has 0 radical (unpaired) electrons. The zero-order valence-electron chi connectivity index (χ0n) is 40.2. The number of hydrogen-bond donors (Lipinski definition) is 3. The second kappa shape index (κ2) is 24.4. The molecule has 1 aliphatic carbocycles. The highest BCUT2D eigenvalue weighted by Gasteiger charge is 2.53. The van der Waals surface area contributed by atoms with Crippen LogP contribution in [0.3, 0.4) is 0 Å². The number of nitrogens with zero attached hydrogens (tertiary/aromatic N) is 1. The molecule has 0 aromatic rings. The Balaban J connectivity index is 1.69. The fourth-order valence-electron chi connectivity index (χ4n) is 10.0. The van der Waals surface area contributed by atoms with Crippen molar-refractivity contribution in [2.75, 3.05) is 20.8 Å². The van der Waals surface area contributed by atoms with E-state index in [4.69, 9.17) is 18.9 Å². The molecule has 3 heterocycles. The first kappa shape index (κ1) is 53.3. The molecule has 1 amide bonds. The maximum Gasteiger partial charge on any atom is 0.329 e. The minimum absolute atomic E-state index is 0.0315. The molecule has 15 atom stereocenters. The van der Waals surface area contributed by atoms with Gasteiger partial charge in [0, 0.05) is 44.9 Å². The van der Waals surface area contributed by atoms with Crippen LogP contribution in [-0.2, 0) is 42.9 Å². The molecule has 0 aromatic heterocycles. The maximum absolute atomic E-state index is 14.3. The molecule has 3 aliphatic heterocycles. The quantitative estimate of drug-likeness (QED) is 0.149. The lowest BCUT2D eigenvalue weighted by Crippen LogP contribution is -2.60. The predicted molar refractivity (Wildman–Crippen MR) is 244 cm³/mol. The minimum atomic E-state index is -2.37. The molecule has 3 N–H and O–H groups in total. The summed E-state index contributed by atoms with van der Waals surface area (Å²) in [5.74, 6) is -7.66. The zero-order chi connectivity index (χ0) is 47.5. The van der Waals surface area contributed by atoms with Crippen LogP contribution in [0.4, 0.5) is 0 Å². The number of rotatable bonds is 5. The summed E-state index contributed by atoms with van der Waals surface area (Å²) >= 11 is 0. The fourth-order valence-corrected chi connectivity index (χ4v) is 10.0. The van der Waals surface area contributed by atoms with Crippen LogP contribution in [0.5, 0.6) is 0 Å². The van der Waals surface area contributed by atoms with E-state index in [0.717, 1.165) is 12.0 Å². The number of methoxy groups -OCH3 is 2. The second-order valence-electron chi connectivity index (χ2n) is 19.8. The van der Waals surface area contributed by atoms with E-state index in [-0.39, 0.29) is 60.7 Å². The highest BCUT2D eigenvalue weighted by molar-refractivity contribution is 6.39. The van der Waals surface area contributed by atoms with Crippen molar-refractivity contribution in [1.82, 2.24) is 4.90 Å². The Morgan fingerprint density at radius 1 is 0.844 bits per heavy atom. The van der Waals surface area contributed by atoms with Gasteiger partial charge in [-0.05, 0) is 114 Å². The smallest absolute Gasteiger partial charge is 0.329 e. The molecule has 3 fully saturated rings. The van der Waals surface area contributed by atoms with E-state index in [1.807, 2.05) is 65.0 Å². The largest absolute Gasteiger partial charge is 0.460 e. The molecule has 360 valence electrons. The number of carbonyl (C=O) groups excluding carboxylic acids is 5. The number of ether oxygens (including phenoxy) is 4. The number of piperidine rings is 1. The van der Waals surface area contributed by atoms with Crippen LogP contribution in [0.15, 0.2) is 47.6 Å². The van der Waals surface area contributed by atoms with E-state index < -0.39 is 77.8 Å². The van der Waals surface area contributed by atoms with Crippen molar-refractivity contribution in [1.29, 1.82) is 0 Å². The van der Waals surface area contributed by atoms with Crippen LogP contribution in [0.25, 0.3) is 0 Å². The van der Waals surface area contributed by atoms with Gasteiger partial charge in [-0.1, -0.05) is 83.6 Å². The highest BCUT2D eigenvalue weighted by Crippen LogP contribution is 2.38. The van der Waals surface area contributed by atoms with Gasteiger partial charge in [0.1, 0.15) is 30.1 Å². The lowest BCUT2D eigenvalue weighted by Gasteiger charge is -2.42. The van der Waals surface area contributed by atoms with Crippen molar-refractivity contribution in [3.63, 3.8) is 0 Å². The van der Waals surface area contributed by atoms with Gasteiger partial charge in [-0.15, -0.1) is 0 Å². The highest BCUT2D eigenvalue weighted by atomic mass is 16.6. The van der Waals surface area contributed by atoms with Crippen LogP contribution in [-0.4, -0.2) is 119 Å². The van der Waals surface area contributed by atoms with Gasteiger partial charge in [-0.2, -0.15) is 0 Å². The van der Waals surface area contributed by atoms with Gasteiger partial charge in [0.25, 0.3) is 11.7 Å². The Labute approximate surface area is 382 Å². The van der Waals surface area contributed by atoms with Gasteiger partial charge in [0.2, 0.25) is 5.79 Å². The first-order valence-corrected chi connectivity index (χ1v) is 23.9. The molecule has 13 nitrogen and oxygen atoms in total. The van der Waals surface area contributed by atoms with Crippen molar-refractivity contribution in [2.24, 2.45) is 41.4 Å². The third-order valence-electron chi connectivity index (χ3n) is 14.6. The molecule has 2 saturated heterocycles. The Bertz CT molecular complexity index is 1740. The SMILES string of the molecule is COC1CC(CC(C)C2CC(=O)C(C)/C=C(\C)C(O)C(OC)C(=O)[C@H](C)CC(C)/C=C/C=C/C=C(\C)C(C)CC3CC[C@@H](C)C(O)(O3)C(=O)C(=O)N3CCCC[C@H]3C(=O)O2)CCC1O. The monoisotopic (exact) mass is 898 g/mol. The number of Topliss-reactive ketones (excluding diaryl/α,β-unsaturated/α-hetero) is 3. The van der Waals surface area contributed by atoms with Crippen molar-refractivity contribution >= 4 is 29.2 Å². The van der Waals surface area contributed by atoms with Gasteiger partial charge >= 0.3 is 5.97 Å². The number of ketones is 3. The molecule has 0 spiro atoms. The third-order valence-corrected chi connectivity index (χ3v) is 14.6. The van der Waals surface area contributed by atoms with E-state index >= 15 is 0 Å². The van der Waals surface area contributed by atoms with Crippen LogP contribution in [0.1, 0.15) is 132 Å². The number of carbonyl (C=O) groups is 5. The van der Waals surface area contributed by atoms with Crippen LogP contribution in [0.2, 0.25) is 0 Å². The van der Waals surface area contributed by atoms with Crippen molar-refractivity contribution in [3.05, 3.63) is 47.6 Å². The summed E-state index contributed by atoms with van der Waals surface area (Å²) in [6, 6.07) is -1.12. The molecule has 64 heavy (non-hydrogen) atoms. The Morgan fingerprint density at radius 3 is 2.25 bits per heavy atom. The topological polar surface area (TPSA) is 186 Å². The zero-order valence-corrected chi connectivity index (χ0v) is 40.2. The summed E-state index contributed by atoms with van der Waals surface area (Å²) in [5.41, 5.74) is 1.46. The van der Waals surface area contributed by atoms with Gasteiger partial charge in [0.05, 0.1) is 18.3 Å². The average Bonchev–Trinajstić information content (AvgIpc) is 3.26. The van der Waals surface area contributed by atoms with E-state index in [1.54, 1.807) is 34.0 Å². The Morgan fingerprint density at radius 2 is 1.56 bits per heavy atom. The molecule has 2 bridgehead atoms. The van der Waals surface area contributed by atoms with Gasteiger partial charge in [-0.3, -0.25) is 19.2 Å². The summed E-state index contributed by atoms with van der Waals surface area (Å²) in [6.45, 7) is 15.0. The second-order valence-corrected chi connectivity index (χ2v) is 19.8. The molecule has 12 unspecified atom stereocenters. The maximum atomic E-state index is 14.3. The number of cyclic esters (lactones) is 1. The summed E-state index contributed by atoms with van der Waals surface area (Å²) in [7, 11) is 2.95. The normalized spacial score (nSPS) is 40.9. The van der Waals surface area contributed by atoms with Gasteiger partial charge < -0.3 is 39.2 Å². The molecule has 0 aromatic carbocycles. The number of hydrogen-bond acceptors (Lipinski definition) is 12. The van der Waals surface area contributed by atoms with E-state index in [0.29, 0.717) is 63.4 Å². The predicted octanol–water partition coefficient (Wildman–Crippen LogP) is 6.80. The minimum Gasteiger partial charge on any atom is -0.460 e. The van der Waals surface area contributed by atoms with E-state index in [9.17, 15) is 39.3 Å². The number of aliphatic hydroxyl groups is 3. The van der Waals surface area contributed by atoms with Crippen molar-refractivity contribution in [2.45, 2.75) is 181 Å². The number of aliphatic hydroxyl groups excluding tert-OH is 2. The van der Waals surface area contributed by atoms with Gasteiger partial charge in [-0.25, -0.2) is 4.79 Å². The summed E-state index contributed by atoms with van der Waals surface area (Å²) in [6.07, 6.45) is 12.5. The number of allylic oxidation sites excluding steroid dienone is 7. The average molecular weight is 898 g/mol. The summed E-state index contributed by atoms with van der Waals surface area (Å²) in [4.78, 5) is 71.7. The Kier molecular flexibility index (Phi) is 20.4. The van der Waals surface area contributed by atoms with Crippen LogP contribution in [0, 0.1) is 41.4 Å². The first-order valence-electron chi connectivity index (χ1n) is 23.9. The number of fused-ring (bicyclic) bond motifs is 3. The summed E-state index contributed by atoms with van der Waals surface area (Å²) < 4.78 is 23.6. The first-order chi connectivity index (χ1) is 30.2. The van der Waals surface area contributed by atoms with E-state index in [2.05, 4.69) is 0 Å². The lowest BCUT2D eigenvalue weighted by atomic mass is 9.78. The fraction of sp³-hybridized carbons (Fsp3) is 0.745.